The van der Waals surface area contributed by atoms with Crippen LogP contribution in [0.4, 0.5) is 5.69 Å². The van der Waals surface area contributed by atoms with Crippen LogP contribution in [0.3, 0.4) is 0 Å². The Kier molecular flexibility index (Phi) is 6.17. The summed E-state index contributed by atoms with van der Waals surface area (Å²) in [6.07, 6.45) is 2.77. The molecule has 0 aliphatic heterocycles. The molecule has 0 radical (unpaired) electrons. The van der Waals surface area contributed by atoms with Crippen molar-refractivity contribution in [2.24, 2.45) is 0 Å². The molecule has 0 aliphatic rings. The number of aliphatic carboxylic acids is 1. The number of aromatic hydroxyl groups is 1. The van der Waals surface area contributed by atoms with Gasteiger partial charge in [0.2, 0.25) is 5.91 Å². The molecule has 3 N–H and O–H groups in total. The van der Waals surface area contributed by atoms with E-state index in [2.05, 4.69) is 5.32 Å². The van der Waals surface area contributed by atoms with Crippen LogP contribution in [0.2, 0.25) is 0 Å². The highest BCUT2D eigenvalue weighted by Crippen LogP contribution is 2.24. The summed E-state index contributed by atoms with van der Waals surface area (Å²) in [5.41, 5.74) is 1.47. The molecule has 0 atom stereocenters. The molecule has 6 nitrogen and oxygen atoms in total. The van der Waals surface area contributed by atoms with Crippen molar-refractivity contribution in [2.45, 2.75) is 13.3 Å². The van der Waals surface area contributed by atoms with E-state index in [0.717, 1.165) is 11.3 Å². The smallest absolute Gasteiger partial charge is 0.307 e. The molecule has 0 spiro atoms. The number of rotatable bonds is 7. The fourth-order valence-electron chi connectivity index (χ4n) is 2.16. The van der Waals surface area contributed by atoms with Crippen LogP contribution < -0.4 is 10.1 Å². The first-order valence-electron chi connectivity index (χ1n) is 7.73. The summed E-state index contributed by atoms with van der Waals surface area (Å²) in [4.78, 5) is 22.7. The average Bonchev–Trinajstić information content (AvgIpc) is 2.57. The lowest BCUT2D eigenvalue weighted by molar-refractivity contribution is -0.136. The van der Waals surface area contributed by atoms with Gasteiger partial charge in [-0.1, -0.05) is 18.2 Å². The van der Waals surface area contributed by atoms with E-state index < -0.39 is 11.9 Å². The second-order valence-corrected chi connectivity index (χ2v) is 5.25. The van der Waals surface area contributed by atoms with Gasteiger partial charge in [-0.3, -0.25) is 9.59 Å². The minimum Gasteiger partial charge on any atom is -0.506 e. The number of ether oxygens (including phenoxy) is 1. The van der Waals surface area contributed by atoms with Crippen molar-refractivity contribution < 1.29 is 24.5 Å². The van der Waals surface area contributed by atoms with E-state index in [1.54, 1.807) is 6.08 Å². The molecule has 1 amide bonds. The minimum absolute atomic E-state index is 0.128. The van der Waals surface area contributed by atoms with Crippen molar-refractivity contribution >= 4 is 23.6 Å². The zero-order valence-corrected chi connectivity index (χ0v) is 13.7. The predicted octanol–water partition coefficient (Wildman–Crippen LogP) is 3.07. The Morgan fingerprint density at radius 3 is 2.52 bits per heavy atom. The Balaban J connectivity index is 2.02. The standard InChI is InChI=1S/C19H19NO5/c1-2-25-15-7-3-13(4-8-15)6-10-18(22)20-16-11-14(12-19(23)24)5-9-17(16)21/h3-11,21H,2,12H2,1H3,(H,20,22)(H,23,24)/b10-6+. The number of benzene rings is 2. The summed E-state index contributed by atoms with van der Waals surface area (Å²) in [5, 5.41) is 21.1. The Morgan fingerprint density at radius 1 is 1.16 bits per heavy atom. The largest absolute Gasteiger partial charge is 0.506 e. The van der Waals surface area contributed by atoms with Gasteiger partial charge in [0.05, 0.1) is 18.7 Å². The van der Waals surface area contributed by atoms with Crippen molar-refractivity contribution in [2.75, 3.05) is 11.9 Å². The highest BCUT2D eigenvalue weighted by atomic mass is 16.5. The van der Waals surface area contributed by atoms with Crippen molar-refractivity contribution in [3.63, 3.8) is 0 Å². The molecule has 6 heteroatoms. The van der Waals surface area contributed by atoms with Crippen molar-refractivity contribution in [3.05, 3.63) is 59.7 Å². The van der Waals surface area contributed by atoms with Gasteiger partial charge in [0.15, 0.2) is 0 Å². The maximum Gasteiger partial charge on any atom is 0.307 e. The number of amides is 1. The van der Waals surface area contributed by atoms with Crippen LogP contribution in [0.5, 0.6) is 11.5 Å². The summed E-state index contributed by atoms with van der Waals surface area (Å²) in [6, 6.07) is 11.5. The zero-order chi connectivity index (χ0) is 18.2. The van der Waals surface area contributed by atoms with Crippen LogP contribution in [0.15, 0.2) is 48.5 Å². The van der Waals surface area contributed by atoms with E-state index in [0.29, 0.717) is 12.2 Å². The third-order valence-corrected chi connectivity index (χ3v) is 3.29. The monoisotopic (exact) mass is 341 g/mol. The molecule has 2 aromatic rings. The van der Waals surface area contributed by atoms with Gasteiger partial charge in [0, 0.05) is 6.08 Å². The number of phenols is 1. The summed E-state index contributed by atoms with van der Waals surface area (Å²) in [5.74, 6) is -0.795. The highest BCUT2D eigenvalue weighted by molar-refractivity contribution is 6.02. The SMILES string of the molecule is CCOc1ccc(/C=C/C(=O)Nc2cc(CC(=O)O)ccc2O)cc1. The van der Waals surface area contributed by atoms with Gasteiger partial charge in [-0.15, -0.1) is 0 Å². The number of carbonyl (C=O) groups is 2. The molecular formula is C19H19NO5. The van der Waals surface area contributed by atoms with Crippen LogP contribution in [-0.2, 0) is 16.0 Å². The molecule has 0 bridgehead atoms. The van der Waals surface area contributed by atoms with E-state index in [9.17, 15) is 14.7 Å². The molecule has 25 heavy (non-hydrogen) atoms. The Bertz CT molecular complexity index is 781. The third kappa shape index (κ3) is 5.69. The van der Waals surface area contributed by atoms with Crippen molar-refractivity contribution in [1.82, 2.24) is 0 Å². The summed E-state index contributed by atoms with van der Waals surface area (Å²) in [6.45, 7) is 2.49. The van der Waals surface area contributed by atoms with Gasteiger partial charge in [-0.25, -0.2) is 0 Å². The lowest BCUT2D eigenvalue weighted by Gasteiger charge is -2.07. The number of carbonyl (C=O) groups excluding carboxylic acids is 1. The minimum atomic E-state index is -0.988. The van der Waals surface area contributed by atoms with Crippen molar-refractivity contribution in [3.8, 4) is 11.5 Å². The first kappa shape index (κ1) is 18.1. The lowest BCUT2D eigenvalue weighted by atomic mass is 10.1. The van der Waals surface area contributed by atoms with Gasteiger partial charge in [0.25, 0.3) is 0 Å². The molecule has 0 aromatic heterocycles. The van der Waals surface area contributed by atoms with Gasteiger partial charge >= 0.3 is 5.97 Å². The Labute approximate surface area is 145 Å². The number of hydrogen-bond acceptors (Lipinski definition) is 4. The van der Waals surface area contributed by atoms with E-state index in [-0.39, 0.29) is 17.9 Å². The number of hydrogen-bond donors (Lipinski definition) is 3. The first-order chi connectivity index (χ1) is 12.0. The van der Waals surface area contributed by atoms with E-state index >= 15 is 0 Å². The lowest BCUT2D eigenvalue weighted by Crippen LogP contribution is -2.09. The molecule has 0 saturated carbocycles. The number of phenolic OH excluding ortho intramolecular Hbond substituents is 1. The maximum atomic E-state index is 12.0. The number of anilines is 1. The van der Waals surface area contributed by atoms with Crippen LogP contribution in [0.25, 0.3) is 6.08 Å². The predicted molar refractivity (Wildman–Crippen MR) is 94.7 cm³/mol. The van der Waals surface area contributed by atoms with E-state index in [4.69, 9.17) is 9.84 Å². The maximum absolute atomic E-state index is 12.0. The summed E-state index contributed by atoms with van der Waals surface area (Å²) >= 11 is 0. The van der Waals surface area contributed by atoms with Crippen LogP contribution in [0.1, 0.15) is 18.1 Å². The molecule has 0 fully saturated rings. The molecule has 2 aromatic carbocycles. The first-order valence-corrected chi connectivity index (χ1v) is 7.73. The number of carboxylic acid groups (broad SMARTS) is 1. The van der Waals surface area contributed by atoms with E-state index in [1.165, 1.54) is 24.3 Å². The molecule has 2 rings (SSSR count). The summed E-state index contributed by atoms with van der Waals surface area (Å²) < 4.78 is 5.34. The topological polar surface area (TPSA) is 95.9 Å². The van der Waals surface area contributed by atoms with Gasteiger partial charge in [-0.2, -0.15) is 0 Å². The second kappa shape index (κ2) is 8.54. The van der Waals surface area contributed by atoms with Crippen LogP contribution in [-0.4, -0.2) is 28.7 Å². The molecule has 0 unspecified atom stereocenters. The van der Waals surface area contributed by atoms with Crippen LogP contribution in [0, 0.1) is 0 Å². The highest BCUT2D eigenvalue weighted by Gasteiger charge is 2.07. The van der Waals surface area contributed by atoms with Gasteiger partial charge < -0.3 is 20.3 Å². The van der Waals surface area contributed by atoms with Crippen LogP contribution >= 0.6 is 0 Å². The zero-order valence-electron chi connectivity index (χ0n) is 13.7. The van der Waals surface area contributed by atoms with Gasteiger partial charge in [0.1, 0.15) is 11.5 Å². The summed E-state index contributed by atoms with van der Waals surface area (Å²) in [7, 11) is 0. The molecule has 0 aliphatic carbocycles. The molecule has 0 heterocycles. The quantitative estimate of drug-likeness (QED) is 0.531. The molecule has 130 valence electrons. The van der Waals surface area contributed by atoms with E-state index in [1.807, 2.05) is 31.2 Å². The molecule has 0 saturated heterocycles. The average molecular weight is 341 g/mol. The fourth-order valence-corrected chi connectivity index (χ4v) is 2.16. The second-order valence-electron chi connectivity index (χ2n) is 5.25. The number of nitrogens with one attached hydrogen (secondary N) is 1. The van der Waals surface area contributed by atoms with Crippen molar-refractivity contribution in [1.29, 1.82) is 0 Å². The Hall–Kier alpha value is -3.28. The van der Waals surface area contributed by atoms with Gasteiger partial charge in [-0.05, 0) is 48.4 Å². The normalized spacial score (nSPS) is 10.6. The molecular weight excluding hydrogens is 322 g/mol. The Morgan fingerprint density at radius 2 is 1.88 bits per heavy atom. The number of carboxylic acids is 1. The third-order valence-electron chi connectivity index (χ3n) is 3.29. The fraction of sp³-hybridized carbons (Fsp3) is 0.158.